The number of rotatable bonds is 6. The third-order valence-corrected chi connectivity index (χ3v) is 3.26. The van der Waals surface area contributed by atoms with E-state index in [1.54, 1.807) is 25.6 Å². The molecule has 1 aromatic rings. The second-order valence-corrected chi connectivity index (χ2v) is 4.73. The van der Waals surface area contributed by atoms with Crippen LogP contribution in [0.1, 0.15) is 21.6 Å². The summed E-state index contributed by atoms with van der Waals surface area (Å²) in [5, 5.41) is 20.0. The maximum Gasteiger partial charge on any atom is 0.339 e. The van der Waals surface area contributed by atoms with Gasteiger partial charge >= 0.3 is 5.97 Å². The van der Waals surface area contributed by atoms with Gasteiger partial charge in [-0.1, -0.05) is 5.92 Å². The predicted octanol–water partition coefficient (Wildman–Crippen LogP) is 1.57. The maximum atomic E-state index is 11.2. The number of terminal acetylenes is 1. The van der Waals surface area contributed by atoms with Crippen LogP contribution in [0, 0.1) is 26.2 Å². The van der Waals surface area contributed by atoms with Crippen molar-refractivity contribution in [2.45, 2.75) is 13.8 Å². The molecule has 0 aliphatic heterocycles. The maximum absolute atomic E-state index is 11.2. The number of carboxylic acids is 1. The van der Waals surface area contributed by atoms with E-state index < -0.39 is 5.97 Å². The number of thioether (sulfide) groups is 1. The van der Waals surface area contributed by atoms with E-state index in [-0.39, 0.29) is 5.56 Å². The standard InChI is InChI=1S/C12H15N3O2S/c1-4-6-18-7-5-13-11-10(12(16)17)8(2)9(3)14-15-11/h1H,5-7H2,2-3H3,(H,13,15)(H,16,17). The second-order valence-electron chi connectivity index (χ2n) is 3.62. The van der Waals surface area contributed by atoms with Crippen molar-refractivity contribution in [1.29, 1.82) is 0 Å². The summed E-state index contributed by atoms with van der Waals surface area (Å²) in [4.78, 5) is 11.2. The van der Waals surface area contributed by atoms with Crippen LogP contribution in [0.15, 0.2) is 0 Å². The molecule has 0 atom stereocenters. The minimum atomic E-state index is -0.996. The van der Waals surface area contributed by atoms with Gasteiger partial charge in [0.1, 0.15) is 5.56 Å². The number of hydrogen-bond acceptors (Lipinski definition) is 5. The lowest BCUT2D eigenvalue weighted by molar-refractivity contribution is 0.0696. The van der Waals surface area contributed by atoms with Gasteiger partial charge in [0.15, 0.2) is 5.82 Å². The molecule has 1 rings (SSSR count). The lowest BCUT2D eigenvalue weighted by Crippen LogP contribution is -2.14. The van der Waals surface area contributed by atoms with Crippen molar-refractivity contribution in [2.75, 3.05) is 23.4 Å². The zero-order valence-electron chi connectivity index (χ0n) is 10.4. The van der Waals surface area contributed by atoms with Crippen LogP contribution in [0.5, 0.6) is 0 Å². The molecule has 0 unspecified atom stereocenters. The summed E-state index contributed by atoms with van der Waals surface area (Å²) >= 11 is 1.60. The van der Waals surface area contributed by atoms with Gasteiger partial charge in [0.25, 0.3) is 0 Å². The van der Waals surface area contributed by atoms with E-state index in [9.17, 15) is 9.90 Å². The molecule has 0 bridgehead atoms. The predicted molar refractivity (Wildman–Crippen MR) is 73.1 cm³/mol. The van der Waals surface area contributed by atoms with E-state index in [2.05, 4.69) is 21.4 Å². The Bertz CT molecular complexity index is 483. The van der Waals surface area contributed by atoms with E-state index >= 15 is 0 Å². The first kappa shape index (κ1) is 14.3. The number of aryl methyl sites for hydroxylation is 1. The lowest BCUT2D eigenvalue weighted by Gasteiger charge is -2.10. The van der Waals surface area contributed by atoms with E-state index in [1.165, 1.54) is 0 Å². The summed E-state index contributed by atoms with van der Waals surface area (Å²) in [7, 11) is 0. The first-order valence-corrected chi connectivity index (χ1v) is 6.55. The minimum absolute atomic E-state index is 0.185. The molecule has 0 spiro atoms. The molecule has 0 saturated heterocycles. The molecule has 1 aromatic heterocycles. The van der Waals surface area contributed by atoms with Crippen molar-refractivity contribution in [3.8, 4) is 12.3 Å². The fraction of sp³-hybridized carbons (Fsp3) is 0.417. The van der Waals surface area contributed by atoms with Gasteiger partial charge in [0, 0.05) is 12.3 Å². The van der Waals surface area contributed by atoms with Crippen molar-refractivity contribution >= 4 is 23.5 Å². The normalized spacial score (nSPS) is 9.83. The zero-order valence-corrected chi connectivity index (χ0v) is 11.2. The fourth-order valence-corrected chi connectivity index (χ4v) is 1.88. The van der Waals surface area contributed by atoms with Crippen LogP contribution in [0.2, 0.25) is 0 Å². The monoisotopic (exact) mass is 265 g/mol. The Morgan fingerprint density at radius 1 is 1.50 bits per heavy atom. The van der Waals surface area contributed by atoms with Gasteiger partial charge in [-0.3, -0.25) is 0 Å². The molecule has 0 radical (unpaired) electrons. The zero-order chi connectivity index (χ0) is 13.5. The number of aromatic carboxylic acids is 1. The van der Waals surface area contributed by atoms with Gasteiger partial charge in [0.05, 0.1) is 11.4 Å². The van der Waals surface area contributed by atoms with Crippen molar-refractivity contribution in [2.24, 2.45) is 0 Å². The van der Waals surface area contributed by atoms with Gasteiger partial charge in [-0.05, 0) is 19.4 Å². The summed E-state index contributed by atoms with van der Waals surface area (Å²) in [6.07, 6.45) is 5.13. The summed E-state index contributed by atoms with van der Waals surface area (Å²) in [6.45, 7) is 4.07. The number of carboxylic acid groups (broad SMARTS) is 1. The van der Waals surface area contributed by atoms with Crippen LogP contribution in [0.3, 0.4) is 0 Å². The summed E-state index contributed by atoms with van der Waals surface area (Å²) < 4.78 is 0. The Labute approximate surface area is 110 Å². The van der Waals surface area contributed by atoms with Gasteiger partial charge in [-0.15, -0.1) is 23.3 Å². The van der Waals surface area contributed by atoms with Gasteiger partial charge in [0.2, 0.25) is 0 Å². The Morgan fingerprint density at radius 2 is 2.22 bits per heavy atom. The van der Waals surface area contributed by atoms with Crippen molar-refractivity contribution < 1.29 is 9.90 Å². The Hall–Kier alpha value is -1.74. The van der Waals surface area contributed by atoms with Crippen molar-refractivity contribution in [3.63, 3.8) is 0 Å². The van der Waals surface area contributed by atoms with Gasteiger partial charge < -0.3 is 10.4 Å². The minimum Gasteiger partial charge on any atom is -0.478 e. The number of nitrogens with zero attached hydrogens (tertiary/aromatic N) is 2. The van der Waals surface area contributed by atoms with Crippen LogP contribution in [0.4, 0.5) is 5.82 Å². The molecule has 0 aliphatic carbocycles. The van der Waals surface area contributed by atoms with Crippen LogP contribution in [-0.4, -0.2) is 39.3 Å². The lowest BCUT2D eigenvalue weighted by atomic mass is 10.1. The van der Waals surface area contributed by atoms with Crippen LogP contribution in [0.25, 0.3) is 0 Å². The van der Waals surface area contributed by atoms with E-state index in [0.29, 0.717) is 29.4 Å². The molecule has 18 heavy (non-hydrogen) atoms. The third kappa shape index (κ3) is 3.64. The van der Waals surface area contributed by atoms with Crippen LogP contribution >= 0.6 is 11.8 Å². The Morgan fingerprint density at radius 3 is 2.83 bits per heavy atom. The summed E-state index contributed by atoms with van der Waals surface area (Å²) in [6, 6.07) is 0. The molecule has 0 aromatic carbocycles. The third-order valence-electron chi connectivity index (χ3n) is 2.39. The smallest absolute Gasteiger partial charge is 0.339 e. The highest BCUT2D eigenvalue weighted by atomic mass is 32.2. The largest absolute Gasteiger partial charge is 0.478 e. The fourth-order valence-electron chi connectivity index (χ4n) is 1.37. The number of nitrogens with one attached hydrogen (secondary N) is 1. The number of hydrogen-bond donors (Lipinski definition) is 2. The molecular formula is C12H15N3O2S. The highest BCUT2D eigenvalue weighted by Crippen LogP contribution is 2.18. The van der Waals surface area contributed by atoms with E-state index in [0.717, 1.165) is 5.75 Å². The number of carbonyl (C=O) groups is 1. The number of anilines is 1. The molecule has 0 fully saturated rings. The first-order valence-electron chi connectivity index (χ1n) is 5.40. The molecule has 5 nitrogen and oxygen atoms in total. The molecule has 1 heterocycles. The molecular weight excluding hydrogens is 250 g/mol. The van der Waals surface area contributed by atoms with E-state index in [4.69, 9.17) is 6.42 Å². The van der Waals surface area contributed by atoms with Crippen molar-refractivity contribution in [3.05, 3.63) is 16.8 Å². The Kier molecular flexibility index (Phi) is 5.46. The highest BCUT2D eigenvalue weighted by Gasteiger charge is 2.17. The second kappa shape index (κ2) is 6.87. The molecule has 0 aliphatic rings. The SMILES string of the molecule is C#CCSCCNc1nnc(C)c(C)c1C(=O)O. The molecule has 6 heteroatoms. The quantitative estimate of drug-likeness (QED) is 0.600. The molecule has 0 saturated carbocycles. The molecule has 2 N–H and O–H groups in total. The summed E-state index contributed by atoms with van der Waals surface area (Å²) in [5.41, 5.74) is 1.44. The summed E-state index contributed by atoms with van der Waals surface area (Å²) in [5.74, 6) is 3.28. The average Bonchev–Trinajstić information content (AvgIpc) is 2.33. The number of aromatic nitrogens is 2. The first-order chi connectivity index (χ1) is 8.57. The van der Waals surface area contributed by atoms with Crippen LogP contribution in [-0.2, 0) is 0 Å². The van der Waals surface area contributed by atoms with E-state index in [1.807, 2.05) is 0 Å². The van der Waals surface area contributed by atoms with Crippen LogP contribution < -0.4 is 5.32 Å². The highest BCUT2D eigenvalue weighted by molar-refractivity contribution is 7.99. The van der Waals surface area contributed by atoms with Crippen molar-refractivity contribution in [1.82, 2.24) is 10.2 Å². The average molecular weight is 265 g/mol. The molecule has 96 valence electrons. The van der Waals surface area contributed by atoms with Gasteiger partial charge in [-0.25, -0.2) is 4.79 Å². The molecule has 0 amide bonds. The van der Waals surface area contributed by atoms with Gasteiger partial charge in [-0.2, -0.15) is 5.10 Å². The topological polar surface area (TPSA) is 75.1 Å². The Balaban J connectivity index is 2.74.